The summed E-state index contributed by atoms with van der Waals surface area (Å²) in [6.07, 6.45) is 7.45. The smallest absolute Gasteiger partial charge is 0.306 e. The van der Waals surface area contributed by atoms with Crippen LogP contribution in [0.3, 0.4) is 0 Å². The van der Waals surface area contributed by atoms with Crippen molar-refractivity contribution in [1.29, 1.82) is 0 Å². The van der Waals surface area contributed by atoms with Crippen LogP contribution in [0.2, 0.25) is 5.04 Å². The molecule has 0 unspecified atom stereocenters. The average molecular weight is 435 g/mol. The maximum atomic E-state index is 12.1. The second-order valence-electron chi connectivity index (χ2n) is 9.59. The molecular weight excluding hydrogens is 400 g/mol. The van der Waals surface area contributed by atoms with Gasteiger partial charge in [-0.3, -0.25) is 4.79 Å². The number of benzene rings is 2. The third-order valence-corrected chi connectivity index (χ3v) is 11.4. The van der Waals surface area contributed by atoms with Crippen molar-refractivity contribution in [3.8, 4) is 12.3 Å². The fourth-order valence-electron chi connectivity index (χ4n) is 4.69. The lowest BCUT2D eigenvalue weighted by atomic mass is 9.88. The molecule has 3 rings (SSSR count). The third kappa shape index (κ3) is 5.11. The van der Waals surface area contributed by atoms with Crippen LogP contribution >= 0.6 is 0 Å². The monoisotopic (exact) mass is 434 g/mol. The van der Waals surface area contributed by atoms with Gasteiger partial charge in [0.1, 0.15) is 6.10 Å². The number of esters is 1. The van der Waals surface area contributed by atoms with Gasteiger partial charge < -0.3 is 9.16 Å². The summed E-state index contributed by atoms with van der Waals surface area (Å²) in [6, 6.07) is 21.3. The van der Waals surface area contributed by atoms with Crippen molar-refractivity contribution in [2.24, 2.45) is 11.8 Å². The number of carbonyl (C=O) groups is 1. The van der Waals surface area contributed by atoms with Gasteiger partial charge in [-0.1, -0.05) is 87.4 Å². The van der Waals surface area contributed by atoms with E-state index in [1.165, 1.54) is 10.4 Å². The molecule has 31 heavy (non-hydrogen) atoms. The Hall–Kier alpha value is -2.35. The fourth-order valence-corrected chi connectivity index (χ4v) is 9.27. The minimum absolute atomic E-state index is 0.0538. The summed E-state index contributed by atoms with van der Waals surface area (Å²) in [5, 5.41) is 2.49. The lowest BCUT2D eigenvalue weighted by Crippen LogP contribution is -2.66. The quantitative estimate of drug-likeness (QED) is 0.364. The highest BCUT2D eigenvalue weighted by Crippen LogP contribution is 2.37. The Morgan fingerprint density at radius 2 is 1.65 bits per heavy atom. The molecule has 1 heterocycles. The van der Waals surface area contributed by atoms with Gasteiger partial charge in [0.2, 0.25) is 0 Å². The molecule has 0 aromatic heterocycles. The first kappa shape index (κ1) is 23.3. The summed E-state index contributed by atoms with van der Waals surface area (Å²) in [5.74, 6) is 2.74. The molecule has 164 valence electrons. The second kappa shape index (κ2) is 9.85. The van der Waals surface area contributed by atoms with Crippen molar-refractivity contribution in [1.82, 2.24) is 0 Å². The Labute approximate surface area is 188 Å². The van der Waals surface area contributed by atoms with E-state index < -0.39 is 8.32 Å². The van der Waals surface area contributed by atoms with E-state index in [0.29, 0.717) is 13.0 Å². The van der Waals surface area contributed by atoms with Crippen LogP contribution in [0.1, 0.15) is 47.0 Å². The predicted molar refractivity (Wildman–Crippen MR) is 129 cm³/mol. The number of ether oxygens (including phenoxy) is 1. The van der Waals surface area contributed by atoms with E-state index in [9.17, 15) is 4.79 Å². The van der Waals surface area contributed by atoms with E-state index in [1.807, 2.05) is 6.92 Å². The minimum atomic E-state index is -2.55. The number of carbonyl (C=O) groups excluding carboxylic acids is 1. The molecule has 0 amide bonds. The second-order valence-corrected chi connectivity index (χ2v) is 13.9. The van der Waals surface area contributed by atoms with E-state index in [1.54, 1.807) is 0 Å². The van der Waals surface area contributed by atoms with Gasteiger partial charge in [-0.05, 0) is 41.1 Å². The lowest BCUT2D eigenvalue weighted by molar-refractivity contribution is -0.159. The third-order valence-electron chi connectivity index (χ3n) is 6.39. The average Bonchev–Trinajstić information content (AvgIpc) is 2.76. The summed E-state index contributed by atoms with van der Waals surface area (Å²) >= 11 is 0. The van der Waals surface area contributed by atoms with Gasteiger partial charge in [-0.2, -0.15) is 0 Å². The number of hydrogen-bond donors (Lipinski definition) is 0. The Bertz CT molecular complexity index is 856. The molecule has 1 aliphatic rings. The summed E-state index contributed by atoms with van der Waals surface area (Å²) < 4.78 is 12.5. The zero-order chi connectivity index (χ0) is 22.5. The molecule has 0 spiro atoms. The van der Waals surface area contributed by atoms with E-state index >= 15 is 0 Å². The highest BCUT2D eigenvalue weighted by Gasteiger charge is 2.50. The van der Waals surface area contributed by atoms with Gasteiger partial charge in [0.05, 0.1) is 5.92 Å². The van der Waals surface area contributed by atoms with Crippen LogP contribution in [0.4, 0.5) is 0 Å². The van der Waals surface area contributed by atoms with Gasteiger partial charge >= 0.3 is 5.97 Å². The van der Waals surface area contributed by atoms with Crippen LogP contribution in [0, 0.1) is 24.2 Å². The zero-order valence-electron chi connectivity index (χ0n) is 19.1. The summed E-state index contributed by atoms with van der Waals surface area (Å²) in [6.45, 7) is 9.40. The van der Waals surface area contributed by atoms with Crippen molar-refractivity contribution in [3.05, 3.63) is 60.7 Å². The van der Waals surface area contributed by atoms with Crippen LogP contribution in [-0.4, -0.2) is 27.0 Å². The first-order valence-electron chi connectivity index (χ1n) is 11.2. The first-order chi connectivity index (χ1) is 14.8. The molecule has 0 bridgehead atoms. The van der Waals surface area contributed by atoms with Gasteiger partial charge in [-0.25, -0.2) is 0 Å². The lowest BCUT2D eigenvalue weighted by Gasteiger charge is -2.43. The molecular formula is C27H34O3Si. The Morgan fingerprint density at radius 1 is 1.10 bits per heavy atom. The SMILES string of the molecule is C#C[C@@H](C)[C@H]1C[C@@H](CCO[Si](c2ccccc2)(c2ccccc2)C(C)(C)C)CC(=O)O1. The van der Waals surface area contributed by atoms with Crippen LogP contribution in [-0.2, 0) is 14.0 Å². The van der Waals surface area contributed by atoms with E-state index in [-0.39, 0.29) is 28.9 Å². The maximum Gasteiger partial charge on any atom is 0.306 e. The topological polar surface area (TPSA) is 35.5 Å². The molecule has 1 fully saturated rings. The Morgan fingerprint density at radius 3 is 2.13 bits per heavy atom. The normalized spacial score (nSPS) is 20.5. The largest absolute Gasteiger partial charge is 0.461 e. The predicted octanol–water partition coefficient (Wildman–Crippen LogP) is 4.54. The molecule has 4 heteroatoms. The molecule has 1 aliphatic heterocycles. The van der Waals surface area contributed by atoms with Gasteiger partial charge in [0.25, 0.3) is 8.32 Å². The van der Waals surface area contributed by atoms with Crippen LogP contribution in [0.15, 0.2) is 60.7 Å². The number of rotatable bonds is 7. The number of cyclic esters (lactones) is 1. The molecule has 3 nitrogen and oxygen atoms in total. The van der Waals surface area contributed by atoms with Crippen LogP contribution < -0.4 is 10.4 Å². The summed E-state index contributed by atoms with van der Waals surface area (Å²) in [7, 11) is -2.55. The minimum Gasteiger partial charge on any atom is -0.461 e. The molecule has 2 aromatic carbocycles. The van der Waals surface area contributed by atoms with Crippen molar-refractivity contribution in [2.75, 3.05) is 6.61 Å². The summed E-state index contributed by atoms with van der Waals surface area (Å²) in [4.78, 5) is 12.1. The van der Waals surface area contributed by atoms with Crippen molar-refractivity contribution in [3.63, 3.8) is 0 Å². The maximum absolute atomic E-state index is 12.1. The van der Waals surface area contributed by atoms with Crippen LogP contribution in [0.25, 0.3) is 0 Å². The Kier molecular flexibility index (Phi) is 7.41. The molecule has 0 aliphatic carbocycles. The van der Waals surface area contributed by atoms with E-state index in [0.717, 1.165) is 12.8 Å². The van der Waals surface area contributed by atoms with Crippen LogP contribution in [0.5, 0.6) is 0 Å². The van der Waals surface area contributed by atoms with Crippen molar-refractivity contribution < 1.29 is 14.0 Å². The van der Waals surface area contributed by atoms with Gasteiger partial charge in [-0.15, -0.1) is 6.42 Å². The molecule has 3 atom stereocenters. The van der Waals surface area contributed by atoms with Gasteiger partial charge in [0, 0.05) is 13.0 Å². The molecule has 2 aromatic rings. The highest BCUT2D eigenvalue weighted by molar-refractivity contribution is 6.99. The fraction of sp³-hybridized carbons (Fsp3) is 0.444. The van der Waals surface area contributed by atoms with E-state index in [2.05, 4.69) is 87.4 Å². The number of hydrogen-bond acceptors (Lipinski definition) is 3. The van der Waals surface area contributed by atoms with E-state index in [4.69, 9.17) is 15.6 Å². The summed E-state index contributed by atoms with van der Waals surface area (Å²) in [5.41, 5.74) is 0. The first-order valence-corrected chi connectivity index (χ1v) is 13.1. The molecule has 0 radical (unpaired) electrons. The van der Waals surface area contributed by atoms with Crippen molar-refractivity contribution in [2.45, 2.75) is 58.1 Å². The van der Waals surface area contributed by atoms with Gasteiger partial charge in [0.15, 0.2) is 0 Å². The number of terminal acetylenes is 1. The molecule has 0 saturated carbocycles. The zero-order valence-corrected chi connectivity index (χ0v) is 20.1. The highest BCUT2D eigenvalue weighted by atomic mass is 28.4. The Balaban J connectivity index is 1.85. The molecule has 0 N–H and O–H groups in total. The molecule has 1 saturated heterocycles. The standard InChI is InChI=1S/C27H34O3Si/c1-6-21(2)25-19-22(20-26(28)30-25)17-18-29-31(27(3,4)5,23-13-9-7-10-14-23)24-15-11-8-12-16-24/h1,7-16,21-22,25H,17-20H2,2-5H3/t21-,22-,25-/m1/s1. The van der Waals surface area contributed by atoms with Crippen molar-refractivity contribution >= 4 is 24.7 Å².